The number of alkyl halides is 2. The van der Waals surface area contributed by atoms with Gasteiger partial charge in [0.15, 0.2) is 0 Å². The number of halogens is 4. The van der Waals surface area contributed by atoms with E-state index in [1.165, 1.54) is 12.1 Å². The van der Waals surface area contributed by atoms with Crippen molar-refractivity contribution in [2.24, 2.45) is 0 Å². The number of hydrogen-bond acceptors (Lipinski definition) is 2. The molecule has 0 spiro atoms. The van der Waals surface area contributed by atoms with Crippen molar-refractivity contribution in [3.05, 3.63) is 58.1 Å². The molecule has 6 heteroatoms. The summed E-state index contributed by atoms with van der Waals surface area (Å²) in [6, 6.07) is 11.7. The normalized spacial score (nSPS) is 12.3. The summed E-state index contributed by atoms with van der Waals surface area (Å²) in [6.07, 6.45) is 0. The molecule has 0 radical (unpaired) electrons. The highest BCUT2D eigenvalue weighted by Gasteiger charge is 2.08. The Morgan fingerprint density at radius 3 is 2.24 bits per heavy atom. The number of hydrogen-bond donors (Lipinski definition) is 1. The largest absolute Gasteiger partial charge is 0.435 e. The molecule has 2 rings (SSSR count). The van der Waals surface area contributed by atoms with Gasteiger partial charge in [0.05, 0.1) is 10.0 Å². The van der Waals surface area contributed by atoms with Crippen LogP contribution in [0.2, 0.25) is 10.0 Å². The molecule has 1 atom stereocenters. The fourth-order valence-corrected chi connectivity index (χ4v) is 2.16. The molecular formula is C15H13Cl2F2NO. The van der Waals surface area contributed by atoms with Crippen LogP contribution in [0.15, 0.2) is 42.5 Å². The van der Waals surface area contributed by atoms with Crippen LogP contribution in [0.4, 0.5) is 14.5 Å². The summed E-state index contributed by atoms with van der Waals surface area (Å²) in [6.45, 7) is -0.867. The van der Waals surface area contributed by atoms with Gasteiger partial charge < -0.3 is 10.1 Å². The second-order valence-corrected chi connectivity index (χ2v) is 5.26. The number of benzene rings is 2. The monoisotopic (exact) mass is 331 g/mol. The third-order valence-electron chi connectivity index (χ3n) is 2.91. The maximum atomic E-state index is 12.1. The minimum Gasteiger partial charge on any atom is -0.435 e. The second kappa shape index (κ2) is 6.96. The molecule has 0 aliphatic rings. The molecule has 0 aromatic heterocycles. The molecule has 112 valence electrons. The van der Waals surface area contributed by atoms with Crippen molar-refractivity contribution in [1.29, 1.82) is 0 Å². The maximum absolute atomic E-state index is 12.1. The van der Waals surface area contributed by atoms with Crippen LogP contribution in [0.5, 0.6) is 5.75 Å². The summed E-state index contributed by atoms with van der Waals surface area (Å²) >= 11 is 11.8. The van der Waals surface area contributed by atoms with Gasteiger partial charge in [-0.2, -0.15) is 8.78 Å². The number of anilines is 1. The van der Waals surface area contributed by atoms with Gasteiger partial charge in [-0.05, 0) is 42.8 Å². The highest BCUT2D eigenvalue weighted by Crippen LogP contribution is 2.28. The minimum atomic E-state index is -2.82. The predicted octanol–water partition coefficient (Wildman–Crippen LogP) is 5.77. The molecule has 0 aliphatic carbocycles. The van der Waals surface area contributed by atoms with E-state index in [4.69, 9.17) is 23.2 Å². The third-order valence-corrected chi connectivity index (χ3v) is 3.65. The van der Waals surface area contributed by atoms with Crippen molar-refractivity contribution in [2.75, 3.05) is 5.32 Å². The molecule has 1 N–H and O–H groups in total. The lowest BCUT2D eigenvalue weighted by Gasteiger charge is -2.16. The lowest BCUT2D eigenvalue weighted by atomic mass is 10.1. The average molecular weight is 332 g/mol. The Morgan fingerprint density at radius 2 is 1.67 bits per heavy atom. The zero-order valence-electron chi connectivity index (χ0n) is 11.1. The van der Waals surface area contributed by atoms with Gasteiger partial charge in [-0.1, -0.05) is 35.3 Å². The van der Waals surface area contributed by atoms with Crippen LogP contribution in [-0.2, 0) is 0 Å². The predicted molar refractivity (Wildman–Crippen MR) is 81.6 cm³/mol. The zero-order valence-corrected chi connectivity index (χ0v) is 12.6. The Morgan fingerprint density at radius 1 is 1.00 bits per heavy atom. The fraction of sp³-hybridized carbons (Fsp3) is 0.200. The molecule has 0 saturated carbocycles. The van der Waals surface area contributed by atoms with Crippen LogP contribution in [0.3, 0.4) is 0 Å². The molecule has 0 bridgehead atoms. The first kappa shape index (κ1) is 15.9. The van der Waals surface area contributed by atoms with Crippen molar-refractivity contribution in [2.45, 2.75) is 19.6 Å². The van der Waals surface area contributed by atoms with Crippen LogP contribution in [0.1, 0.15) is 18.5 Å². The molecule has 1 unspecified atom stereocenters. The topological polar surface area (TPSA) is 21.3 Å². The quantitative estimate of drug-likeness (QED) is 0.751. The van der Waals surface area contributed by atoms with Gasteiger partial charge in [0, 0.05) is 11.7 Å². The third kappa shape index (κ3) is 4.48. The zero-order chi connectivity index (χ0) is 15.4. The first-order chi connectivity index (χ1) is 9.95. The van der Waals surface area contributed by atoms with Gasteiger partial charge in [-0.25, -0.2) is 0 Å². The van der Waals surface area contributed by atoms with E-state index in [9.17, 15) is 8.78 Å². The highest BCUT2D eigenvalue weighted by atomic mass is 35.5. The van der Waals surface area contributed by atoms with Gasteiger partial charge in [-0.15, -0.1) is 0 Å². The lowest BCUT2D eigenvalue weighted by Crippen LogP contribution is -2.07. The summed E-state index contributed by atoms with van der Waals surface area (Å²) in [4.78, 5) is 0. The van der Waals surface area contributed by atoms with E-state index >= 15 is 0 Å². The van der Waals surface area contributed by atoms with Gasteiger partial charge in [0.1, 0.15) is 5.75 Å². The van der Waals surface area contributed by atoms with Gasteiger partial charge >= 0.3 is 6.61 Å². The van der Waals surface area contributed by atoms with E-state index in [2.05, 4.69) is 10.1 Å². The van der Waals surface area contributed by atoms with Crippen molar-refractivity contribution < 1.29 is 13.5 Å². The smallest absolute Gasteiger partial charge is 0.387 e. The van der Waals surface area contributed by atoms with Crippen LogP contribution >= 0.6 is 23.2 Å². The lowest BCUT2D eigenvalue weighted by molar-refractivity contribution is -0.0498. The standard InChI is InChI=1S/C15H13Cl2F2NO/c1-9(20-11-4-7-13(16)14(17)8-11)10-2-5-12(6-3-10)21-15(18)19/h2-9,15,20H,1H3. The Hall–Kier alpha value is -1.52. The molecule has 2 aromatic carbocycles. The Balaban J connectivity index is 2.05. The fourth-order valence-electron chi connectivity index (χ4n) is 1.86. The molecule has 21 heavy (non-hydrogen) atoms. The molecule has 0 fully saturated rings. The number of ether oxygens (including phenoxy) is 1. The van der Waals surface area contributed by atoms with E-state index in [1.54, 1.807) is 24.3 Å². The molecule has 2 aromatic rings. The van der Waals surface area contributed by atoms with Crippen LogP contribution < -0.4 is 10.1 Å². The van der Waals surface area contributed by atoms with Crippen molar-refractivity contribution >= 4 is 28.9 Å². The number of nitrogens with one attached hydrogen (secondary N) is 1. The van der Waals surface area contributed by atoms with Crippen LogP contribution in [0.25, 0.3) is 0 Å². The highest BCUT2D eigenvalue weighted by molar-refractivity contribution is 6.42. The molecular weight excluding hydrogens is 319 g/mol. The Kier molecular flexibility index (Phi) is 5.26. The van der Waals surface area contributed by atoms with E-state index in [-0.39, 0.29) is 11.8 Å². The van der Waals surface area contributed by atoms with E-state index in [0.29, 0.717) is 10.0 Å². The molecule has 0 heterocycles. The van der Waals surface area contributed by atoms with Gasteiger partial charge in [0.2, 0.25) is 0 Å². The van der Waals surface area contributed by atoms with Gasteiger partial charge in [-0.3, -0.25) is 0 Å². The summed E-state index contributed by atoms with van der Waals surface area (Å²) < 4.78 is 28.5. The summed E-state index contributed by atoms with van der Waals surface area (Å²) in [7, 11) is 0. The summed E-state index contributed by atoms with van der Waals surface area (Å²) in [5, 5.41) is 4.21. The Bertz CT molecular complexity index is 605. The molecule has 0 saturated heterocycles. The van der Waals surface area contributed by atoms with Gasteiger partial charge in [0.25, 0.3) is 0 Å². The van der Waals surface area contributed by atoms with Crippen LogP contribution in [-0.4, -0.2) is 6.61 Å². The number of rotatable bonds is 5. The first-order valence-corrected chi connectivity index (χ1v) is 6.97. The summed E-state index contributed by atoms with van der Waals surface area (Å²) in [5.41, 5.74) is 1.76. The molecule has 2 nitrogen and oxygen atoms in total. The van der Waals surface area contributed by atoms with Crippen molar-refractivity contribution in [3.8, 4) is 5.75 Å². The average Bonchev–Trinajstić information content (AvgIpc) is 2.43. The Labute approximate surface area is 131 Å². The van der Waals surface area contributed by atoms with E-state index in [0.717, 1.165) is 11.3 Å². The second-order valence-electron chi connectivity index (χ2n) is 4.44. The minimum absolute atomic E-state index is 0.0251. The first-order valence-electron chi connectivity index (χ1n) is 6.22. The molecule has 0 aliphatic heterocycles. The molecule has 0 amide bonds. The van der Waals surface area contributed by atoms with E-state index in [1.807, 2.05) is 13.0 Å². The van der Waals surface area contributed by atoms with Crippen molar-refractivity contribution in [1.82, 2.24) is 0 Å². The SMILES string of the molecule is CC(Nc1ccc(Cl)c(Cl)c1)c1ccc(OC(F)F)cc1. The van der Waals surface area contributed by atoms with E-state index < -0.39 is 6.61 Å². The van der Waals surface area contributed by atoms with Crippen molar-refractivity contribution in [3.63, 3.8) is 0 Å². The maximum Gasteiger partial charge on any atom is 0.387 e. The van der Waals surface area contributed by atoms with Crippen LogP contribution in [0, 0.1) is 0 Å². The summed E-state index contributed by atoms with van der Waals surface area (Å²) in [5.74, 6) is 0.135.